The molecule has 3 heterocycles. The molecule has 0 saturated heterocycles. The van der Waals surface area contributed by atoms with E-state index in [9.17, 15) is 4.79 Å². The van der Waals surface area contributed by atoms with Gasteiger partial charge in [0.25, 0.3) is 0 Å². The molecule has 3 aromatic rings. The molecule has 1 unspecified atom stereocenters. The van der Waals surface area contributed by atoms with Crippen molar-refractivity contribution in [3.05, 3.63) is 64.9 Å². The molecule has 194 valence electrons. The zero-order chi connectivity index (χ0) is 26.9. The summed E-state index contributed by atoms with van der Waals surface area (Å²) in [5, 5.41) is 8.15. The minimum Gasteiger partial charge on any atom is -0.493 e. The second-order valence-electron chi connectivity index (χ2n) is 8.25. The Labute approximate surface area is 214 Å². The van der Waals surface area contributed by atoms with Gasteiger partial charge in [-0.1, -0.05) is 5.82 Å². The van der Waals surface area contributed by atoms with Crippen molar-refractivity contribution in [2.45, 2.75) is 26.9 Å². The summed E-state index contributed by atoms with van der Waals surface area (Å²) in [5.74, 6) is 0.0812. The number of benzene rings is 1. The molecule has 9 nitrogen and oxygen atoms in total. The number of aryl methyl sites for hydroxylation is 1. The monoisotopic (exact) mass is 529 g/mol. The first kappa shape index (κ1) is 26.2. The summed E-state index contributed by atoms with van der Waals surface area (Å²) in [6.07, 6.45) is 3.06. The molecule has 0 radical (unpaired) electrons. The van der Waals surface area contributed by atoms with Crippen LogP contribution in [0.15, 0.2) is 34.8 Å². The van der Waals surface area contributed by atoms with Gasteiger partial charge in [-0.05, 0) is 26.6 Å². The number of methoxy groups -OCH3 is 2. The van der Waals surface area contributed by atoms with Crippen LogP contribution in [0.3, 0.4) is 0 Å². The smallest absolute Gasteiger partial charge is 0.329 e. The van der Waals surface area contributed by atoms with Crippen LogP contribution in [0.1, 0.15) is 29.8 Å². The van der Waals surface area contributed by atoms with Crippen LogP contribution in [0.25, 0.3) is 5.57 Å². The molecule has 0 saturated carbocycles. The third kappa shape index (κ3) is 4.91. The summed E-state index contributed by atoms with van der Waals surface area (Å²) in [7, 11) is 2.92. The van der Waals surface area contributed by atoms with E-state index in [4.69, 9.17) is 19.3 Å². The Morgan fingerprint density at radius 2 is 1.86 bits per heavy atom. The van der Waals surface area contributed by atoms with Crippen LogP contribution < -0.4 is 19.3 Å². The molecular formula is C25H26F2N5O4P. The minimum atomic E-state index is -1.04. The van der Waals surface area contributed by atoms with Gasteiger partial charge < -0.3 is 19.3 Å². The maximum Gasteiger partial charge on any atom is 0.329 e. The lowest BCUT2D eigenvalue weighted by molar-refractivity contribution is 0.248. The van der Waals surface area contributed by atoms with E-state index >= 15 is 8.78 Å². The van der Waals surface area contributed by atoms with Crippen molar-refractivity contribution in [3.8, 4) is 11.5 Å². The van der Waals surface area contributed by atoms with E-state index in [-0.39, 0.29) is 30.5 Å². The van der Waals surface area contributed by atoms with Crippen molar-refractivity contribution < 1.29 is 27.5 Å². The minimum absolute atomic E-state index is 0.0951. The summed E-state index contributed by atoms with van der Waals surface area (Å²) in [4.78, 5) is 24.8. The predicted octanol–water partition coefficient (Wildman–Crippen LogP) is 5.51. The average Bonchev–Trinajstić information content (AvgIpc) is 3.29. The van der Waals surface area contributed by atoms with Crippen LogP contribution in [0, 0.1) is 24.0 Å². The molecule has 4 rings (SSSR count). The molecule has 0 spiro atoms. The van der Waals surface area contributed by atoms with Crippen molar-refractivity contribution in [1.29, 1.82) is 5.41 Å². The number of carbonyl (C=O) groups is 1. The first-order valence-electron chi connectivity index (χ1n) is 11.2. The van der Waals surface area contributed by atoms with Crippen molar-refractivity contribution in [3.63, 3.8) is 0 Å². The molecule has 1 atom stereocenters. The van der Waals surface area contributed by atoms with Gasteiger partial charge in [-0.25, -0.2) is 18.6 Å². The number of fused-ring (bicyclic) bond motifs is 1. The number of nitrogens with zero attached hydrogens (tertiary/aromatic N) is 4. The number of ether oxygens (including phenoxy) is 2. The summed E-state index contributed by atoms with van der Waals surface area (Å²) >= 11 is 0. The van der Waals surface area contributed by atoms with Crippen LogP contribution in [0.4, 0.5) is 25.0 Å². The summed E-state index contributed by atoms with van der Waals surface area (Å²) in [6, 6.07) is 2.08. The number of nitrogens with one attached hydrogen (secondary N) is 1. The second kappa shape index (κ2) is 10.6. The highest BCUT2D eigenvalue weighted by atomic mass is 31.1. The van der Waals surface area contributed by atoms with Crippen LogP contribution in [0.5, 0.6) is 11.5 Å². The van der Waals surface area contributed by atoms with Gasteiger partial charge in [0.2, 0.25) is 5.89 Å². The Hall–Kier alpha value is -3.85. The number of pyridine rings is 1. The van der Waals surface area contributed by atoms with Gasteiger partial charge in [0, 0.05) is 29.1 Å². The van der Waals surface area contributed by atoms with Gasteiger partial charge >= 0.3 is 6.03 Å². The lowest BCUT2D eigenvalue weighted by Crippen LogP contribution is -2.48. The summed E-state index contributed by atoms with van der Waals surface area (Å²) in [6.45, 7) is 5.10. The topological polar surface area (TPSA) is 105 Å². The van der Waals surface area contributed by atoms with Gasteiger partial charge in [-0.3, -0.25) is 14.8 Å². The molecule has 37 heavy (non-hydrogen) atoms. The Morgan fingerprint density at radius 1 is 1.19 bits per heavy atom. The van der Waals surface area contributed by atoms with E-state index in [2.05, 4.69) is 9.97 Å². The summed E-state index contributed by atoms with van der Waals surface area (Å²) < 4.78 is 46.5. The molecule has 1 aliphatic heterocycles. The number of aromatic nitrogens is 2. The molecule has 1 aliphatic rings. The number of halogens is 2. The van der Waals surface area contributed by atoms with Gasteiger partial charge in [-0.2, -0.15) is 0 Å². The number of oxazole rings is 1. The van der Waals surface area contributed by atoms with Crippen LogP contribution >= 0.6 is 8.58 Å². The quantitative estimate of drug-likeness (QED) is 0.305. The maximum atomic E-state index is 15.4. The van der Waals surface area contributed by atoms with Crippen LogP contribution in [0.2, 0.25) is 0 Å². The molecule has 2 amide bonds. The van der Waals surface area contributed by atoms with Crippen molar-refractivity contribution in [2.75, 3.05) is 30.7 Å². The Morgan fingerprint density at radius 3 is 2.41 bits per heavy atom. The number of hydrogen-bond donors (Lipinski definition) is 1. The highest BCUT2D eigenvalue weighted by Crippen LogP contribution is 2.41. The molecule has 0 bridgehead atoms. The Kier molecular flexibility index (Phi) is 7.54. The zero-order valence-electron chi connectivity index (χ0n) is 21.0. The average molecular weight is 529 g/mol. The molecule has 12 heteroatoms. The normalized spacial score (nSPS) is 13.9. The van der Waals surface area contributed by atoms with E-state index in [1.807, 2.05) is 12.5 Å². The van der Waals surface area contributed by atoms with Crippen molar-refractivity contribution in [2.24, 2.45) is 0 Å². The first-order valence-corrected chi connectivity index (χ1v) is 12.8. The predicted molar refractivity (Wildman–Crippen MR) is 138 cm³/mol. The van der Waals surface area contributed by atoms with Crippen molar-refractivity contribution in [1.82, 2.24) is 9.97 Å². The van der Waals surface area contributed by atoms with E-state index in [1.165, 1.54) is 25.3 Å². The largest absolute Gasteiger partial charge is 0.493 e. The van der Waals surface area contributed by atoms with Crippen LogP contribution in [-0.2, 0) is 13.1 Å². The van der Waals surface area contributed by atoms with Gasteiger partial charge in [0.15, 0.2) is 23.1 Å². The Bertz CT molecular complexity index is 1380. The third-order valence-electron chi connectivity index (χ3n) is 5.79. The van der Waals surface area contributed by atoms with Gasteiger partial charge in [0.05, 0.1) is 38.3 Å². The van der Waals surface area contributed by atoms with Gasteiger partial charge in [-0.15, -0.1) is 8.58 Å². The molecule has 2 aromatic heterocycles. The number of allylic oxidation sites excluding steroid dienone is 1. The first-order chi connectivity index (χ1) is 17.7. The molecule has 0 fully saturated rings. The molecule has 1 aromatic carbocycles. The zero-order valence-corrected chi connectivity index (χ0v) is 22.0. The number of urea groups is 1. The molecule has 1 N–H and O–H groups in total. The number of carbonyl (C=O) groups excluding carboxylic acids is 1. The standard InChI is InChI=1S/C25H26F2N5O4P/c1-13-8-30-21(36-13)11-31-18-6-17(16(12-37-5)14(2)28)29-9-15(18)10-32(25(31)33)24-22(26)19(34-3)7-20(35-4)23(24)27/h6-9,12,28,37H,10-11H2,1-5H3/b16-12+,28-14?. The number of hydrogen-bond acceptors (Lipinski definition) is 7. The van der Waals surface area contributed by atoms with Crippen LogP contribution in [-0.4, -0.2) is 42.6 Å². The number of rotatable bonds is 8. The SMILES string of the molecule is COc1cc(OC)c(F)c(N2Cc3cnc(/C(=C/PC)C(C)=N)cc3N(Cc3ncc(C)o3)C2=O)c1F. The fourth-order valence-corrected chi connectivity index (χ4v) is 4.70. The second-order valence-corrected chi connectivity index (χ2v) is 9.11. The molecule has 0 aliphatic carbocycles. The maximum absolute atomic E-state index is 15.4. The van der Waals surface area contributed by atoms with Gasteiger partial charge in [0.1, 0.15) is 18.0 Å². The van der Waals surface area contributed by atoms with E-state index in [1.54, 1.807) is 26.1 Å². The van der Waals surface area contributed by atoms with E-state index in [0.717, 1.165) is 11.0 Å². The number of amides is 2. The lowest BCUT2D eigenvalue weighted by Gasteiger charge is -2.37. The van der Waals surface area contributed by atoms with E-state index < -0.39 is 23.4 Å². The Balaban J connectivity index is 1.89. The van der Waals surface area contributed by atoms with E-state index in [0.29, 0.717) is 42.6 Å². The molecular weight excluding hydrogens is 503 g/mol. The fourth-order valence-electron chi connectivity index (χ4n) is 4.05. The summed E-state index contributed by atoms with van der Waals surface area (Å²) in [5.41, 5.74) is 1.88. The fraction of sp³-hybridized carbons (Fsp3) is 0.280. The lowest BCUT2D eigenvalue weighted by atomic mass is 10.0. The highest BCUT2D eigenvalue weighted by molar-refractivity contribution is 7.41. The number of anilines is 2. The highest BCUT2D eigenvalue weighted by Gasteiger charge is 2.37. The van der Waals surface area contributed by atoms with Crippen molar-refractivity contribution >= 4 is 37.3 Å². The third-order valence-corrected chi connectivity index (χ3v) is 6.37.